The first-order valence-corrected chi connectivity index (χ1v) is 10.3. The third-order valence-corrected chi connectivity index (χ3v) is 5.50. The molecule has 2 atom stereocenters. The number of benzene rings is 2. The van der Waals surface area contributed by atoms with Gasteiger partial charge in [0.25, 0.3) is 0 Å². The first kappa shape index (κ1) is 20.1. The molecule has 0 saturated heterocycles. The summed E-state index contributed by atoms with van der Waals surface area (Å²) in [6.07, 6.45) is 1.84. The van der Waals surface area contributed by atoms with Gasteiger partial charge in [0.2, 0.25) is 11.1 Å². The van der Waals surface area contributed by atoms with Gasteiger partial charge in [0, 0.05) is 6.04 Å². The van der Waals surface area contributed by atoms with E-state index in [2.05, 4.69) is 33.0 Å². The molecule has 1 N–H and O–H groups in total. The van der Waals surface area contributed by atoms with Gasteiger partial charge in [0.1, 0.15) is 0 Å². The molecule has 1 amide bonds. The Labute approximate surface area is 169 Å². The van der Waals surface area contributed by atoms with Crippen molar-refractivity contribution in [1.82, 2.24) is 25.5 Å². The average molecular weight is 396 g/mol. The molecule has 0 aliphatic rings. The van der Waals surface area contributed by atoms with E-state index < -0.39 is 0 Å². The van der Waals surface area contributed by atoms with Crippen molar-refractivity contribution in [3.8, 4) is 5.69 Å². The minimum absolute atomic E-state index is 0.0102. The highest BCUT2D eigenvalue weighted by molar-refractivity contribution is 8.00. The molecule has 6 nitrogen and oxygen atoms in total. The van der Waals surface area contributed by atoms with Crippen molar-refractivity contribution in [2.24, 2.45) is 0 Å². The van der Waals surface area contributed by atoms with E-state index in [9.17, 15) is 4.79 Å². The van der Waals surface area contributed by atoms with Gasteiger partial charge in [-0.3, -0.25) is 4.79 Å². The number of carbonyl (C=O) groups is 1. The van der Waals surface area contributed by atoms with Crippen LogP contribution in [0.1, 0.15) is 31.4 Å². The van der Waals surface area contributed by atoms with Crippen LogP contribution in [0.5, 0.6) is 0 Å². The lowest BCUT2D eigenvalue weighted by atomic mass is 10.1. The Bertz CT molecular complexity index is 895. The molecule has 146 valence electrons. The zero-order valence-electron chi connectivity index (χ0n) is 16.4. The third kappa shape index (κ3) is 5.42. The molecule has 0 spiro atoms. The molecular weight excluding hydrogens is 370 g/mol. The molecule has 7 heteroatoms. The number of nitrogens with one attached hydrogen (secondary N) is 1. The van der Waals surface area contributed by atoms with Crippen molar-refractivity contribution in [1.29, 1.82) is 0 Å². The predicted molar refractivity (Wildman–Crippen MR) is 112 cm³/mol. The van der Waals surface area contributed by atoms with Crippen LogP contribution in [-0.4, -0.2) is 37.4 Å². The normalized spacial score (nSPS) is 13.1. The molecule has 1 aromatic heterocycles. The number of tetrazole rings is 1. The molecule has 0 unspecified atom stereocenters. The van der Waals surface area contributed by atoms with Gasteiger partial charge in [-0.1, -0.05) is 59.8 Å². The topological polar surface area (TPSA) is 72.7 Å². The molecule has 1 heterocycles. The van der Waals surface area contributed by atoms with E-state index in [-0.39, 0.29) is 17.2 Å². The Morgan fingerprint density at radius 2 is 1.82 bits per heavy atom. The minimum atomic E-state index is -0.297. The Balaban J connectivity index is 1.54. The van der Waals surface area contributed by atoms with Crippen LogP contribution in [-0.2, 0) is 11.2 Å². The summed E-state index contributed by atoms with van der Waals surface area (Å²) >= 11 is 1.36. The highest BCUT2D eigenvalue weighted by atomic mass is 32.2. The molecule has 3 aromatic rings. The second-order valence-corrected chi connectivity index (χ2v) is 8.21. The fourth-order valence-electron chi connectivity index (χ4n) is 2.77. The lowest BCUT2D eigenvalue weighted by Gasteiger charge is -2.17. The maximum atomic E-state index is 12.6. The maximum Gasteiger partial charge on any atom is 0.233 e. The van der Waals surface area contributed by atoms with Crippen LogP contribution in [0.25, 0.3) is 5.69 Å². The van der Waals surface area contributed by atoms with Gasteiger partial charge in [-0.05, 0) is 61.7 Å². The Morgan fingerprint density at radius 1 is 1.11 bits per heavy atom. The molecule has 28 heavy (non-hydrogen) atoms. The Hall–Kier alpha value is -2.67. The van der Waals surface area contributed by atoms with E-state index in [1.807, 2.05) is 63.2 Å². The number of rotatable bonds is 8. The lowest BCUT2D eigenvalue weighted by molar-refractivity contribution is -0.120. The number of amides is 1. The van der Waals surface area contributed by atoms with Crippen LogP contribution in [0.4, 0.5) is 0 Å². The predicted octanol–water partition coefficient (Wildman–Crippen LogP) is 3.59. The first-order valence-electron chi connectivity index (χ1n) is 9.39. The molecule has 0 aliphatic carbocycles. The second-order valence-electron chi connectivity index (χ2n) is 6.90. The second kappa shape index (κ2) is 9.50. The van der Waals surface area contributed by atoms with Gasteiger partial charge >= 0.3 is 0 Å². The van der Waals surface area contributed by atoms with Crippen LogP contribution in [0, 0.1) is 6.92 Å². The highest BCUT2D eigenvalue weighted by Gasteiger charge is 2.20. The van der Waals surface area contributed by atoms with Crippen molar-refractivity contribution in [2.45, 2.75) is 50.1 Å². The van der Waals surface area contributed by atoms with E-state index in [0.29, 0.717) is 5.16 Å². The number of carbonyl (C=O) groups excluding carboxylic acids is 1. The number of aryl methyl sites for hydroxylation is 2. The highest BCUT2D eigenvalue weighted by Crippen LogP contribution is 2.23. The van der Waals surface area contributed by atoms with Crippen molar-refractivity contribution in [3.63, 3.8) is 0 Å². The summed E-state index contributed by atoms with van der Waals surface area (Å²) in [6, 6.07) is 18.4. The van der Waals surface area contributed by atoms with Crippen LogP contribution < -0.4 is 5.32 Å². The van der Waals surface area contributed by atoms with Crippen molar-refractivity contribution in [2.75, 3.05) is 0 Å². The standard InChI is InChI=1S/C21H25N5OS/c1-15-9-13-19(14-10-15)26-21(23-24-25-26)28-17(3)20(27)22-16(2)11-12-18-7-5-4-6-8-18/h4-10,13-14,16-17H,11-12H2,1-3H3,(H,22,27)/t16-,17-/m1/s1. The van der Waals surface area contributed by atoms with Gasteiger partial charge in [-0.15, -0.1) is 5.10 Å². The van der Waals surface area contributed by atoms with Crippen LogP contribution in [0.15, 0.2) is 59.8 Å². The SMILES string of the molecule is Cc1ccc(-n2nnnc2S[C@H](C)C(=O)N[C@H](C)CCc2ccccc2)cc1. The molecule has 3 rings (SSSR count). The number of hydrogen-bond acceptors (Lipinski definition) is 5. The zero-order chi connectivity index (χ0) is 19.9. The molecule has 0 radical (unpaired) electrons. The molecule has 0 bridgehead atoms. The van der Waals surface area contributed by atoms with Gasteiger partial charge in [-0.25, -0.2) is 0 Å². The van der Waals surface area contributed by atoms with Crippen molar-refractivity contribution in [3.05, 3.63) is 65.7 Å². The average Bonchev–Trinajstić information content (AvgIpc) is 3.16. The minimum Gasteiger partial charge on any atom is -0.353 e. The summed E-state index contributed by atoms with van der Waals surface area (Å²) in [5, 5.41) is 15.3. The summed E-state index contributed by atoms with van der Waals surface area (Å²) in [4.78, 5) is 12.6. The van der Waals surface area contributed by atoms with Gasteiger partial charge in [0.15, 0.2) is 0 Å². The van der Waals surface area contributed by atoms with Crippen LogP contribution in [0.2, 0.25) is 0 Å². The summed E-state index contributed by atoms with van der Waals surface area (Å²) in [6.45, 7) is 5.94. The lowest BCUT2D eigenvalue weighted by Crippen LogP contribution is -2.38. The summed E-state index contributed by atoms with van der Waals surface area (Å²) < 4.78 is 1.66. The van der Waals surface area contributed by atoms with E-state index >= 15 is 0 Å². The fourth-order valence-corrected chi connectivity index (χ4v) is 3.59. The quantitative estimate of drug-likeness (QED) is 0.590. The number of hydrogen-bond donors (Lipinski definition) is 1. The van der Waals surface area contributed by atoms with E-state index in [0.717, 1.165) is 18.5 Å². The van der Waals surface area contributed by atoms with Crippen molar-refractivity contribution < 1.29 is 4.79 Å². The summed E-state index contributed by atoms with van der Waals surface area (Å²) in [7, 11) is 0. The third-order valence-electron chi connectivity index (χ3n) is 4.47. The maximum absolute atomic E-state index is 12.6. The van der Waals surface area contributed by atoms with Gasteiger partial charge in [-0.2, -0.15) is 4.68 Å². The molecule has 0 fully saturated rings. The van der Waals surface area contributed by atoms with Crippen molar-refractivity contribution >= 4 is 17.7 Å². The number of aromatic nitrogens is 4. The number of nitrogens with zero attached hydrogens (tertiary/aromatic N) is 4. The van der Waals surface area contributed by atoms with Gasteiger partial charge in [0.05, 0.1) is 10.9 Å². The molecule has 0 aliphatic heterocycles. The Kier molecular flexibility index (Phi) is 6.81. The fraction of sp³-hybridized carbons (Fsp3) is 0.333. The van der Waals surface area contributed by atoms with E-state index in [1.165, 1.54) is 22.9 Å². The zero-order valence-corrected chi connectivity index (χ0v) is 17.2. The van der Waals surface area contributed by atoms with E-state index in [1.54, 1.807) is 4.68 Å². The molecule has 0 saturated carbocycles. The Morgan fingerprint density at radius 3 is 2.54 bits per heavy atom. The first-order chi connectivity index (χ1) is 13.5. The summed E-state index contributed by atoms with van der Waals surface area (Å²) in [5.74, 6) is -0.0102. The molecular formula is C21H25N5OS. The van der Waals surface area contributed by atoms with Crippen LogP contribution in [0.3, 0.4) is 0 Å². The number of thioether (sulfide) groups is 1. The smallest absolute Gasteiger partial charge is 0.233 e. The van der Waals surface area contributed by atoms with Gasteiger partial charge < -0.3 is 5.32 Å². The largest absolute Gasteiger partial charge is 0.353 e. The monoisotopic (exact) mass is 395 g/mol. The van der Waals surface area contributed by atoms with Crippen LogP contribution >= 0.6 is 11.8 Å². The molecule has 2 aromatic carbocycles. The van der Waals surface area contributed by atoms with E-state index in [4.69, 9.17) is 0 Å². The summed E-state index contributed by atoms with van der Waals surface area (Å²) in [5.41, 5.74) is 3.33.